The van der Waals surface area contributed by atoms with Crippen LogP contribution in [0.2, 0.25) is 0 Å². The number of allylic oxidation sites excluding steroid dienone is 1. The lowest BCUT2D eigenvalue weighted by Gasteiger charge is -2.44. The minimum absolute atomic E-state index is 0.146. The summed E-state index contributed by atoms with van der Waals surface area (Å²) in [5.41, 5.74) is 1.49. The minimum atomic E-state index is -4.78. The van der Waals surface area contributed by atoms with Crippen LogP contribution in [0.5, 0.6) is 5.75 Å². The van der Waals surface area contributed by atoms with Crippen molar-refractivity contribution in [3.8, 4) is 5.75 Å². The van der Waals surface area contributed by atoms with E-state index < -0.39 is 18.2 Å². The Bertz CT molecular complexity index is 1000. The van der Waals surface area contributed by atoms with Crippen LogP contribution in [0.4, 0.5) is 18.0 Å². The molecule has 0 bridgehead atoms. The summed E-state index contributed by atoms with van der Waals surface area (Å²) in [7, 11) is 1.52. The molecule has 2 atom stereocenters. The van der Waals surface area contributed by atoms with Crippen LogP contribution in [0.3, 0.4) is 0 Å². The lowest BCUT2D eigenvalue weighted by Crippen LogP contribution is -2.59. The maximum absolute atomic E-state index is 13.1. The Balaban J connectivity index is 1.54. The third-order valence-corrected chi connectivity index (χ3v) is 6.67. The summed E-state index contributed by atoms with van der Waals surface area (Å²) in [4.78, 5) is 32.0. The molecule has 3 aliphatic rings. The molecule has 0 spiro atoms. The largest absolute Gasteiger partial charge is 0.573 e. The molecule has 1 aromatic rings. The van der Waals surface area contributed by atoms with Crippen LogP contribution in [-0.4, -0.2) is 72.5 Å². The van der Waals surface area contributed by atoms with E-state index in [1.165, 1.54) is 24.1 Å². The van der Waals surface area contributed by atoms with Crippen molar-refractivity contribution in [1.82, 2.24) is 9.80 Å². The number of nitrogens with zero attached hydrogens (tertiary/aromatic N) is 3. The summed E-state index contributed by atoms with van der Waals surface area (Å²) in [6.07, 6.45) is -2.14. The van der Waals surface area contributed by atoms with Crippen molar-refractivity contribution in [3.63, 3.8) is 0 Å². The molecular formula is C24H28F3N3O5. The molecule has 1 aromatic carbocycles. The van der Waals surface area contributed by atoms with E-state index >= 15 is 0 Å². The molecule has 3 fully saturated rings. The number of hydrogen-bond acceptors (Lipinski definition) is 5. The first-order valence-corrected chi connectivity index (χ1v) is 11.5. The fourth-order valence-corrected chi connectivity index (χ4v) is 4.56. The van der Waals surface area contributed by atoms with Crippen molar-refractivity contribution in [3.05, 3.63) is 42.1 Å². The predicted octanol–water partition coefficient (Wildman–Crippen LogP) is 4.10. The second-order valence-electron chi connectivity index (χ2n) is 9.29. The van der Waals surface area contributed by atoms with Crippen LogP contribution in [0.1, 0.15) is 30.7 Å². The van der Waals surface area contributed by atoms with Crippen LogP contribution in [0, 0.1) is 17.8 Å². The molecule has 35 heavy (non-hydrogen) atoms. The molecule has 8 nitrogen and oxygen atoms in total. The molecule has 190 valence electrons. The summed E-state index contributed by atoms with van der Waals surface area (Å²) in [6.45, 7) is 4.99. The number of alkyl halides is 3. The molecule has 0 radical (unpaired) electrons. The van der Waals surface area contributed by atoms with Gasteiger partial charge in [-0.15, -0.1) is 13.2 Å². The minimum Gasteiger partial charge on any atom is -0.484 e. The zero-order valence-corrected chi connectivity index (χ0v) is 19.3. The van der Waals surface area contributed by atoms with E-state index in [9.17, 15) is 22.8 Å². The number of carbonyl (C=O) groups excluding carboxylic acids is 1. The zero-order chi connectivity index (χ0) is 25.3. The number of methoxy groups -OCH3 is 1. The normalized spacial score (nSPS) is 23.5. The summed E-state index contributed by atoms with van der Waals surface area (Å²) < 4.78 is 47.1. The van der Waals surface area contributed by atoms with Gasteiger partial charge in [0.1, 0.15) is 5.75 Å². The van der Waals surface area contributed by atoms with Gasteiger partial charge >= 0.3 is 18.4 Å². The molecule has 2 saturated heterocycles. The van der Waals surface area contributed by atoms with Gasteiger partial charge in [0.05, 0.1) is 18.9 Å². The number of rotatable bonds is 6. The lowest BCUT2D eigenvalue weighted by atomic mass is 9.84. The van der Waals surface area contributed by atoms with Crippen LogP contribution < -0.4 is 4.74 Å². The Morgan fingerprint density at radius 1 is 1.03 bits per heavy atom. The van der Waals surface area contributed by atoms with Crippen molar-refractivity contribution < 1.29 is 37.3 Å². The average Bonchev–Trinajstić information content (AvgIpc) is 3.60. The Labute approximate surface area is 201 Å². The topological polar surface area (TPSA) is 91.7 Å². The highest BCUT2D eigenvalue weighted by Gasteiger charge is 2.41. The monoisotopic (exact) mass is 495 g/mol. The van der Waals surface area contributed by atoms with Crippen LogP contribution in [0.15, 0.2) is 41.5 Å². The van der Waals surface area contributed by atoms with Gasteiger partial charge in [-0.05, 0) is 37.0 Å². The van der Waals surface area contributed by atoms with Crippen molar-refractivity contribution in [2.45, 2.75) is 31.5 Å². The third kappa shape index (κ3) is 6.07. The quantitative estimate of drug-likeness (QED) is 0.474. The van der Waals surface area contributed by atoms with E-state index in [1.807, 2.05) is 0 Å². The van der Waals surface area contributed by atoms with Gasteiger partial charge in [-0.3, -0.25) is 4.79 Å². The number of aliphatic carboxylic acids is 1. The van der Waals surface area contributed by atoms with Crippen molar-refractivity contribution in [1.29, 1.82) is 0 Å². The molecule has 1 saturated carbocycles. The first kappa shape index (κ1) is 24.9. The third-order valence-electron chi connectivity index (χ3n) is 6.67. The smallest absolute Gasteiger partial charge is 0.484 e. The predicted molar refractivity (Wildman–Crippen MR) is 120 cm³/mol. The zero-order valence-electron chi connectivity index (χ0n) is 19.3. The fourth-order valence-electron chi connectivity index (χ4n) is 4.56. The standard InChI is InChI=1S/C24H28F3N3O5/c1-14(15-3-4-15)28-21(34-2)18-9-17(16-5-7-20(8-6-16)35-24(25,26)27)10-29(11-18)23(33)30-12-19(13-30)22(31)32/h5-8,15,17-19H,1,3-4,9-13H2,2H3,(H,31,32). The summed E-state index contributed by atoms with van der Waals surface area (Å²) in [5.74, 6) is -1.46. The van der Waals surface area contributed by atoms with Crippen molar-refractivity contribution in [2.75, 3.05) is 33.3 Å². The number of piperidine rings is 1. The number of likely N-dealkylation sites (tertiary alicyclic amines) is 2. The van der Waals surface area contributed by atoms with Gasteiger partial charge in [0.2, 0.25) is 0 Å². The van der Waals surface area contributed by atoms with Gasteiger partial charge in [-0.25, -0.2) is 9.79 Å². The Kier molecular flexibility index (Phi) is 6.95. The van der Waals surface area contributed by atoms with E-state index in [4.69, 9.17) is 9.84 Å². The van der Waals surface area contributed by atoms with Gasteiger partial charge in [0, 0.05) is 43.7 Å². The molecule has 11 heteroatoms. The van der Waals surface area contributed by atoms with Gasteiger partial charge in [-0.1, -0.05) is 18.7 Å². The van der Waals surface area contributed by atoms with Crippen molar-refractivity contribution >= 4 is 17.9 Å². The molecule has 2 unspecified atom stereocenters. The molecule has 2 heterocycles. The van der Waals surface area contributed by atoms with Crippen LogP contribution in [-0.2, 0) is 9.53 Å². The maximum atomic E-state index is 13.1. The molecule has 2 amide bonds. The summed E-state index contributed by atoms with van der Waals surface area (Å²) in [5, 5.41) is 9.13. The number of carboxylic acid groups (broad SMARTS) is 1. The molecule has 2 aliphatic heterocycles. The number of hydrogen-bond donors (Lipinski definition) is 1. The Morgan fingerprint density at radius 3 is 2.17 bits per heavy atom. The number of benzene rings is 1. The average molecular weight is 495 g/mol. The van der Waals surface area contributed by atoms with Crippen molar-refractivity contribution in [2.24, 2.45) is 22.7 Å². The van der Waals surface area contributed by atoms with E-state index in [1.54, 1.807) is 17.0 Å². The second kappa shape index (κ2) is 9.79. The second-order valence-corrected chi connectivity index (χ2v) is 9.29. The van der Waals surface area contributed by atoms with Crippen LogP contribution in [0.25, 0.3) is 0 Å². The highest BCUT2D eigenvalue weighted by atomic mass is 19.4. The van der Waals surface area contributed by atoms with E-state index in [0.717, 1.165) is 24.1 Å². The number of amides is 2. The van der Waals surface area contributed by atoms with E-state index in [-0.39, 0.29) is 36.7 Å². The number of ether oxygens (including phenoxy) is 2. The number of carboxylic acids is 1. The highest BCUT2D eigenvalue weighted by Crippen LogP contribution is 2.38. The Morgan fingerprint density at radius 2 is 1.63 bits per heavy atom. The SMILES string of the molecule is C=C(N=C(OC)C1CC(c2ccc(OC(F)(F)F)cc2)CN(C(=O)N2CC(C(=O)O)C2)C1)C1CC1. The van der Waals surface area contributed by atoms with Gasteiger partial charge in [-0.2, -0.15) is 0 Å². The summed E-state index contributed by atoms with van der Waals surface area (Å²) in [6, 6.07) is 5.37. The van der Waals surface area contributed by atoms with Gasteiger partial charge < -0.3 is 24.4 Å². The Hall–Kier alpha value is -3.24. The van der Waals surface area contributed by atoms with E-state index in [2.05, 4.69) is 16.3 Å². The first-order valence-electron chi connectivity index (χ1n) is 11.5. The molecule has 1 N–H and O–H groups in total. The van der Waals surface area contributed by atoms with E-state index in [0.29, 0.717) is 31.3 Å². The highest BCUT2D eigenvalue weighted by molar-refractivity contribution is 5.83. The lowest BCUT2D eigenvalue weighted by molar-refractivity contribution is -0.274. The molecule has 0 aromatic heterocycles. The maximum Gasteiger partial charge on any atom is 0.573 e. The summed E-state index contributed by atoms with van der Waals surface area (Å²) >= 11 is 0. The number of aliphatic imine (C=N–C) groups is 1. The van der Waals surface area contributed by atoms with Gasteiger partial charge in [0.25, 0.3) is 0 Å². The van der Waals surface area contributed by atoms with Gasteiger partial charge in [0.15, 0.2) is 5.90 Å². The van der Waals surface area contributed by atoms with Crippen LogP contribution >= 0.6 is 0 Å². The fraction of sp³-hybridized carbons (Fsp3) is 0.542. The molecule has 4 rings (SSSR count). The number of halogens is 3. The molecular weight excluding hydrogens is 467 g/mol. The number of carbonyl (C=O) groups is 2. The first-order chi connectivity index (χ1) is 16.5. The number of urea groups is 1. The molecule has 1 aliphatic carbocycles.